The molecular formula is C8H14. The Balaban J connectivity index is 3.61. The molecule has 0 heteroatoms. The molecule has 0 aliphatic rings. The summed E-state index contributed by atoms with van der Waals surface area (Å²) in [5.74, 6) is 0. The summed E-state index contributed by atoms with van der Waals surface area (Å²) >= 11 is 0. The topological polar surface area (TPSA) is 0 Å². The zero-order valence-electron chi connectivity index (χ0n) is 5.94. The van der Waals surface area contributed by atoms with Crippen LogP contribution >= 0.6 is 0 Å². The molecule has 0 saturated carbocycles. The summed E-state index contributed by atoms with van der Waals surface area (Å²) in [5, 5.41) is 0. The summed E-state index contributed by atoms with van der Waals surface area (Å²) in [5.41, 5.74) is 1.36. The zero-order chi connectivity index (χ0) is 6.41. The Morgan fingerprint density at radius 3 is 2.50 bits per heavy atom. The van der Waals surface area contributed by atoms with Gasteiger partial charge >= 0.3 is 0 Å². The van der Waals surface area contributed by atoms with Gasteiger partial charge < -0.3 is 0 Å². The Morgan fingerprint density at radius 2 is 2.12 bits per heavy atom. The molecule has 0 fully saturated rings. The largest absolute Gasteiger partial charge is 0.0874 e. The molecule has 46 valence electrons. The fourth-order valence-electron chi connectivity index (χ4n) is 0.653. The Labute approximate surface area is 51.9 Å². The molecular weight excluding hydrogens is 96.1 g/mol. The molecule has 0 aromatic carbocycles. The highest BCUT2D eigenvalue weighted by atomic mass is 13.8. The van der Waals surface area contributed by atoms with Crippen LogP contribution in [0.2, 0.25) is 0 Å². The van der Waals surface area contributed by atoms with E-state index in [1.807, 2.05) is 6.92 Å². The second kappa shape index (κ2) is 4.63. The van der Waals surface area contributed by atoms with Crippen LogP contribution in [0.15, 0.2) is 23.8 Å². The minimum atomic E-state index is 1.14. The summed E-state index contributed by atoms with van der Waals surface area (Å²) in [7, 11) is 0. The van der Waals surface area contributed by atoms with Crippen LogP contribution in [0, 0.1) is 0 Å². The molecule has 0 N–H and O–H groups in total. The predicted octanol–water partition coefficient (Wildman–Crippen LogP) is 2.92. The van der Waals surface area contributed by atoms with Gasteiger partial charge in [-0.05, 0) is 20.3 Å². The van der Waals surface area contributed by atoms with Crippen LogP contribution in [0.3, 0.4) is 0 Å². The van der Waals surface area contributed by atoms with Gasteiger partial charge in [0.15, 0.2) is 0 Å². The van der Waals surface area contributed by atoms with Crippen LogP contribution in [-0.2, 0) is 0 Å². The second-order valence-electron chi connectivity index (χ2n) is 1.86. The average molecular weight is 110 g/mol. The number of hydrogen-bond donors (Lipinski definition) is 0. The van der Waals surface area contributed by atoms with Crippen molar-refractivity contribution in [2.45, 2.75) is 27.2 Å². The molecule has 0 saturated heterocycles. The maximum absolute atomic E-state index is 2.21. The van der Waals surface area contributed by atoms with E-state index in [-0.39, 0.29) is 0 Å². The summed E-state index contributed by atoms with van der Waals surface area (Å²) in [6.45, 7) is 6.30. The zero-order valence-corrected chi connectivity index (χ0v) is 5.94. The van der Waals surface area contributed by atoms with Crippen molar-refractivity contribution in [3.05, 3.63) is 23.8 Å². The van der Waals surface area contributed by atoms with Crippen molar-refractivity contribution >= 4 is 0 Å². The summed E-state index contributed by atoms with van der Waals surface area (Å²) in [4.78, 5) is 0. The second-order valence-corrected chi connectivity index (χ2v) is 1.86. The number of allylic oxidation sites excluding steroid dienone is 4. The van der Waals surface area contributed by atoms with Gasteiger partial charge in [0, 0.05) is 0 Å². The SMILES string of the molecule is C/C=C\C(C)=CCC. The molecule has 0 nitrogen and oxygen atoms in total. The molecule has 0 rings (SSSR count). The van der Waals surface area contributed by atoms with Crippen LogP contribution in [-0.4, -0.2) is 0 Å². The third-order valence-corrected chi connectivity index (χ3v) is 0.956. The van der Waals surface area contributed by atoms with Crippen LogP contribution in [0.4, 0.5) is 0 Å². The first-order valence-electron chi connectivity index (χ1n) is 3.10. The van der Waals surface area contributed by atoms with Gasteiger partial charge in [-0.3, -0.25) is 0 Å². The normalized spacial score (nSPS) is 13.1. The minimum absolute atomic E-state index is 1.14. The number of rotatable bonds is 2. The van der Waals surface area contributed by atoms with Gasteiger partial charge in [0.25, 0.3) is 0 Å². The fourth-order valence-corrected chi connectivity index (χ4v) is 0.653. The quantitative estimate of drug-likeness (QED) is 0.479. The van der Waals surface area contributed by atoms with E-state index in [9.17, 15) is 0 Å². The Hall–Kier alpha value is -0.520. The van der Waals surface area contributed by atoms with E-state index in [4.69, 9.17) is 0 Å². The summed E-state index contributed by atoms with van der Waals surface area (Å²) in [6, 6.07) is 0. The van der Waals surface area contributed by atoms with Gasteiger partial charge in [-0.1, -0.05) is 30.7 Å². The van der Waals surface area contributed by atoms with Gasteiger partial charge in [0.2, 0.25) is 0 Å². The van der Waals surface area contributed by atoms with Crippen LogP contribution in [0.25, 0.3) is 0 Å². The highest BCUT2D eigenvalue weighted by Gasteiger charge is 1.74. The monoisotopic (exact) mass is 110 g/mol. The van der Waals surface area contributed by atoms with Crippen molar-refractivity contribution in [3.63, 3.8) is 0 Å². The predicted molar refractivity (Wildman–Crippen MR) is 38.9 cm³/mol. The van der Waals surface area contributed by atoms with Crippen molar-refractivity contribution in [1.29, 1.82) is 0 Å². The lowest BCUT2D eigenvalue weighted by Gasteiger charge is -1.85. The first-order chi connectivity index (χ1) is 3.81. The van der Waals surface area contributed by atoms with Crippen molar-refractivity contribution < 1.29 is 0 Å². The van der Waals surface area contributed by atoms with Crippen molar-refractivity contribution in [2.24, 2.45) is 0 Å². The maximum Gasteiger partial charge on any atom is -0.0374 e. The summed E-state index contributed by atoms with van der Waals surface area (Å²) in [6.07, 6.45) is 7.52. The Bertz CT molecular complexity index is 96.6. The van der Waals surface area contributed by atoms with Crippen LogP contribution < -0.4 is 0 Å². The molecule has 0 radical (unpaired) electrons. The molecule has 0 amide bonds. The van der Waals surface area contributed by atoms with E-state index in [0.29, 0.717) is 0 Å². The maximum atomic E-state index is 2.21. The van der Waals surface area contributed by atoms with E-state index < -0.39 is 0 Å². The van der Waals surface area contributed by atoms with Gasteiger partial charge in [0.05, 0.1) is 0 Å². The molecule has 0 spiro atoms. The minimum Gasteiger partial charge on any atom is -0.0874 e. The van der Waals surface area contributed by atoms with E-state index in [2.05, 4.69) is 32.1 Å². The third kappa shape index (κ3) is 3.66. The number of hydrogen-bond acceptors (Lipinski definition) is 0. The molecule has 0 aliphatic carbocycles. The Kier molecular flexibility index (Phi) is 4.33. The van der Waals surface area contributed by atoms with Crippen LogP contribution in [0.5, 0.6) is 0 Å². The van der Waals surface area contributed by atoms with Gasteiger partial charge in [0.1, 0.15) is 0 Å². The van der Waals surface area contributed by atoms with Crippen molar-refractivity contribution in [2.75, 3.05) is 0 Å². The lowest BCUT2D eigenvalue weighted by Crippen LogP contribution is -1.64. The fraction of sp³-hybridized carbons (Fsp3) is 0.500. The Morgan fingerprint density at radius 1 is 1.50 bits per heavy atom. The summed E-state index contributed by atoms with van der Waals surface area (Å²) < 4.78 is 0. The van der Waals surface area contributed by atoms with Gasteiger partial charge in [-0.2, -0.15) is 0 Å². The molecule has 0 aliphatic heterocycles. The third-order valence-electron chi connectivity index (χ3n) is 0.956. The molecule has 0 bridgehead atoms. The van der Waals surface area contributed by atoms with E-state index in [0.717, 1.165) is 6.42 Å². The smallest absolute Gasteiger partial charge is 0.0374 e. The highest BCUT2D eigenvalue weighted by Crippen LogP contribution is 1.95. The van der Waals surface area contributed by atoms with E-state index in [1.54, 1.807) is 0 Å². The average Bonchev–Trinajstić information content (AvgIpc) is 1.68. The first kappa shape index (κ1) is 7.48. The first-order valence-corrected chi connectivity index (χ1v) is 3.10. The van der Waals surface area contributed by atoms with Crippen molar-refractivity contribution in [1.82, 2.24) is 0 Å². The van der Waals surface area contributed by atoms with E-state index >= 15 is 0 Å². The van der Waals surface area contributed by atoms with Crippen molar-refractivity contribution in [3.8, 4) is 0 Å². The van der Waals surface area contributed by atoms with Gasteiger partial charge in [-0.15, -0.1) is 0 Å². The molecule has 0 unspecified atom stereocenters. The van der Waals surface area contributed by atoms with Gasteiger partial charge in [-0.25, -0.2) is 0 Å². The molecule has 8 heavy (non-hydrogen) atoms. The van der Waals surface area contributed by atoms with Crippen LogP contribution in [0.1, 0.15) is 27.2 Å². The molecule has 0 aromatic heterocycles. The molecule has 0 heterocycles. The standard InChI is InChI=1S/C8H14/c1-4-6-8(3)7-5-2/h4,6-7H,5H2,1-3H3/b6-4-,8-7?. The van der Waals surface area contributed by atoms with E-state index in [1.165, 1.54) is 5.57 Å². The molecule has 0 atom stereocenters. The lowest BCUT2D eigenvalue weighted by molar-refractivity contribution is 1.20. The lowest BCUT2D eigenvalue weighted by atomic mass is 10.2. The molecule has 0 aromatic rings. The highest BCUT2D eigenvalue weighted by molar-refractivity contribution is 5.14.